The molecule has 4 rings (SSSR count). The Labute approximate surface area is 225 Å². The molecule has 4 heterocycles. The zero-order valence-corrected chi connectivity index (χ0v) is 21.5. The Morgan fingerprint density at radius 2 is 1.70 bits per heavy atom. The molecule has 0 spiro atoms. The summed E-state index contributed by atoms with van der Waals surface area (Å²) in [7, 11) is 1.97. The number of pyridine rings is 1. The number of aryl methyl sites for hydroxylation is 1. The zero-order valence-electron chi connectivity index (χ0n) is 21.5. The minimum atomic E-state index is -5.08. The number of halogens is 6. The fraction of sp³-hybridized carbons (Fsp3) is 0.583. The average Bonchev–Trinajstić information content (AvgIpc) is 3.28. The van der Waals surface area contributed by atoms with Gasteiger partial charge in [0, 0.05) is 62.9 Å². The number of hydrogen-bond acceptors (Lipinski definition) is 7. The van der Waals surface area contributed by atoms with Crippen molar-refractivity contribution < 1.29 is 55.6 Å². The number of alkyl halides is 6. The van der Waals surface area contributed by atoms with Gasteiger partial charge in [0.2, 0.25) is 0 Å². The lowest BCUT2D eigenvalue weighted by atomic mass is 9.73. The summed E-state index contributed by atoms with van der Waals surface area (Å²) in [6.07, 6.45) is 1.25. The molecule has 2 aromatic rings. The third kappa shape index (κ3) is 10.7. The number of fused-ring (bicyclic) bond motifs is 1. The highest BCUT2D eigenvalue weighted by atomic mass is 19.4. The molecule has 10 nitrogen and oxygen atoms in total. The van der Waals surface area contributed by atoms with Gasteiger partial charge < -0.3 is 19.7 Å². The van der Waals surface area contributed by atoms with Gasteiger partial charge in [0.05, 0.1) is 25.5 Å². The standard InChI is InChI=1S/C20H28N4O2.2C2HF3O2/c1-23-12-18(11-22-23)13-24-9-5-19-20(15-24,6-2-10-26-19)16-25-14-17-3-7-21-8-4-17;2*3-2(4,5)1(6)7/h3-4,7-8,11-12,19H,2,5-6,9-10,13-16H2,1H3;2*(H,6,7). The smallest absolute Gasteiger partial charge is 0.475 e. The highest BCUT2D eigenvalue weighted by molar-refractivity contribution is 5.73. The first kappa shape index (κ1) is 33.0. The van der Waals surface area contributed by atoms with Gasteiger partial charge in [-0.1, -0.05) is 0 Å². The SMILES string of the molecule is Cn1cc(CN2CCC3OCCCC3(COCc3ccncc3)C2)cn1.O=C(O)C(F)(F)F.O=C(O)C(F)(F)F. The first-order chi connectivity index (χ1) is 18.6. The minimum Gasteiger partial charge on any atom is -0.475 e. The maximum atomic E-state index is 10.6. The van der Waals surface area contributed by atoms with Gasteiger partial charge in [0.15, 0.2) is 0 Å². The quantitative estimate of drug-likeness (QED) is 0.489. The molecule has 2 fully saturated rings. The third-order valence-corrected chi connectivity index (χ3v) is 6.12. The van der Waals surface area contributed by atoms with Crippen LogP contribution in [0, 0.1) is 5.41 Å². The van der Waals surface area contributed by atoms with E-state index in [0.29, 0.717) is 12.7 Å². The van der Waals surface area contributed by atoms with E-state index in [1.807, 2.05) is 42.5 Å². The molecule has 2 aromatic heterocycles. The van der Waals surface area contributed by atoms with Crippen LogP contribution in [0.25, 0.3) is 0 Å². The number of carboxylic acid groups (broad SMARTS) is 2. The van der Waals surface area contributed by atoms with Gasteiger partial charge in [-0.25, -0.2) is 9.59 Å². The molecule has 2 unspecified atom stereocenters. The van der Waals surface area contributed by atoms with E-state index in [1.54, 1.807) is 0 Å². The van der Waals surface area contributed by atoms with Gasteiger partial charge >= 0.3 is 24.3 Å². The number of ether oxygens (including phenoxy) is 2. The van der Waals surface area contributed by atoms with Crippen molar-refractivity contribution in [1.82, 2.24) is 19.7 Å². The molecule has 16 heteroatoms. The molecule has 0 saturated carbocycles. The molecule has 2 atom stereocenters. The second kappa shape index (κ2) is 14.4. The number of carbonyl (C=O) groups is 2. The Morgan fingerprint density at radius 1 is 1.10 bits per heavy atom. The maximum Gasteiger partial charge on any atom is 0.490 e. The fourth-order valence-corrected chi connectivity index (χ4v) is 4.39. The maximum absolute atomic E-state index is 10.6. The van der Waals surface area contributed by atoms with E-state index in [-0.39, 0.29) is 5.41 Å². The Bertz CT molecular complexity index is 1060. The molecule has 0 amide bonds. The molecule has 0 aromatic carbocycles. The van der Waals surface area contributed by atoms with Gasteiger partial charge in [0.1, 0.15) is 0 Å². The van der Waals surface area contributed by atoms with Crippen LogP contribution in [0.1, 0.15) is 30.4 Å². The summed E-state index contributed by atoms with van der Waals surface area (Å²) in [5.74, 6) is -5.51. The van der Waals surface area contributed by atoms with Crippen LogP contribution in [0.15, 0.2) is 36.9 Å². The summed E-state index contributed by atoms with van der Waals surface area (Å²) >= 11 is 0. The number of carboxylic acids is 2. The number of rotatable bonds is 6. The van der Waals surface area contributed by atoms with Gasteiger partial charge in [-0.2, -0.15) is 31.4 Å². The van der Waals surface area contributed by atoms with Crippen molar-refractivity contribution in [2.24, 2.45) is 12.5 Å². The predicted molar refractivity (Wildman–Crippen MR) is 126 cm³/mol. The predicted octanol–water partition coefficient (Wildman–Crippen LogP) is 3.67. The van der Waals surface area contributed by atoms with E-state index in [2.05, 4.69) is 21.2 Å². The molecule has 40 heavy (non-hydrogen) atoms. The minimum absolute atomic E-state index is 0.103. The van der Waals surface area contributed by atoms with E-state index in [0.717, 1.165) is 45.7 Å². The van der Waals surface area contributed by atoms with Gasteiger partial charge in [-0.05, 0) is 37.0 Å². The lowest BCUT2D eigenvalue weighted by molar-refractivity contribution is -0.193. The summed E-state index contributed by atoms with van der Waals surface area (Å²) in [5, 5.41) is 18.5. The second-order valence-corrected chi connectivity index (χ2v) is 9.30. The van der Waals surface area contributed by atoms with E-state index >= 15 is 0 Å². The van der Waals surface area contributed by atoms with Crippen molar-refractivity contribution in [3.8, 4) is 0 Å². The van der Waals surface area contributed by atoms with Gasteiger partial charge in [-0.15, -0.1) is 0 Å². The number of nitrogens with zero attached hydrogens (tertiary/aromatic N) is 4. The average molecular weight is 585 g/mol. The Kier molecular flexibility index (Phi) is 11.9. The Balaban J connectivity index is 0.000000333. The van der Waals surface area contributed by atoms with E-state index in [4.69, 9.17) is 29.3 Å². The normalized spacial score (nSPS) is 21.2. The van der Waals surface area contributed by atoms with Crippen molar-refractivity contribution in [3.63, 3.8) is 0 Å². The lowest BCUT2D eigenvalue weighted by Gasteiger charge is -2.50. The van der Waals surface area contributed by atoms with Crippen LogP contribution in [-0.4, -0.2) is 86.6 Å². The number of piperidine rings is 1. The van der Waals surface area contributed by atoms with Crippen LogP contribution in [-0.2, 0) is 39.3 Å². The van der Waals surface area contributed by atoms with E-state index in [1.165, 1.54) is 17.5 Å². The Hall–Kier alpha value is -3.24. The summed E-state index contributed by atoms with van der Waals surface area (Å²) in [6, 6.07) is 4.03. The molecular formula is C24H30F6N4O6. The van der Waals surface area contributed by atoms with Crippen LogP contribution in [0.2, 0.25) is 0 Å². The van der Waals surface area contributed by atoms with Crippen LogP contribution in [0.5, 0.6) is 0 Å². The van der Waals surface area contributed by atoms with Gasteiger partial charge in [-0.3, -0.25) is 14.6 Å². The van der Waals surface area contributed by atoms with Crippen LogP contribution in [0.3, 0.4) is 0 Å². The number of hydrogen-bond donors (Lipinski definition) is 2. The van der Waals surface area contributed by atoms with Crippen molar-refractivity contribution >= 4 is 11.9 Å². The molecule has 224 valence electrons. The van der Waals surface area contributed by atoms with Crippen molar-refractivity contribution in [3.05, 3.63) is 48.0 Å². The summed E-state index contributed by atoms with van der Waals surface area (Å²) in [4.78, 5) is 24.4. The Morgan fingerprint density at radius 3 is 2.23 bits per heavy atom. The molecule has 0 radical (unpaired) electrons. The van der Waals surface area contributed by atoms with Crippen molar-refractivity contribution in [1.29, 1.82) is 0 Å². The molecule has 2 aliphatic heterocycles. The third-order valence-electron chi connectivity index (χ3n) is 6.12. The van der Waals surface area contributed by atoms with Crippen molar-refractivity contribution in [2.45, 2.75) is 50.9 Å². The molecule has 2 N–H and O–H groups in total. The van der Waals surface area contributed by atoms with Crippen LogP contribution >= 0.6 is 0 Å². The summed E-state index contributed by atoms with van der Waals surface area (Å²) in [5.41, 5.74) is 2.55. The molecular weight excluding hydrogens is 554 g/mol. The first-order valence-corrected chi connectivity index (χ1v) is 12.0. The first-order valence-electron chi connectivity index (χ1n) is 12.0. The molecule has 2 aliphatic rings. The van der Waals surface area contributed by atoms with Crippen LogP contribution < -0.4 is 0 Å². The summed E-state index contributed by atoms with van der Waals surface area (Å²) < 4.78 is 77.7. The summed E-state index contributed by atoms with van der Waals surface area (Å²) in [6.45, 7) is 5.34. The molecule has 0 aliphatic carbocycles. The largest absolute Gasteiger partial charge is 0.490 e. The monoisotopic (exact) mass is 584 g/mol. The second-order valence-electron chi connectivity index (χ2n) is 9.30. The van der Waals surface area contributed by atoms with E-state index < -0.39 is 24.3 Å². The van der Waals surface area contributed by atoms with E-state index in [9.17, 15) is 26.3 Å². The van der Waals surface area contributed by atoms with Crippen molar-refractivity contribution in [2.75, 3.05) is 26.3 Å². The highest BCUT2D eigenvalue weighted by Gasteiger charge is 2.46. The lowest BCUT2D eigenvalue weighted by Crippen LogP contribution is -2.56. The number of aliphatic carboxylic acids is 2. The number of likely N-dealkylation sites (tertiary alicyclic amines) is 1. The molecule has 0 bridgehead atoms. The highest BCUT2D eigenvalue weighted by Crippen LogP contribution is 2.41. The topological polar surface area (TPSA) is 127 Å². The molecule has 2 saturated heterocycles. The fourth-order valence-electron chi connectivity index (χ4n) is 4.39. The number of aromatic nitrogens is 3. The van der Waals surface area contributed by atoms with Crippen LogP contribution in [0.4, 0.5) is 26.3 Å². The zero-order chi connectivity index (χ0) is 30.0. The van der Waals surface area contributed by atoms with Gasteiger partial charge in [0.25, 0.3) is 0 Å².